The lowest BCUT2D eigenvalue weighted by Gasteiger charge is -2.07. The summed E-state index contributed by atoms with van der Waals surface area (Å²) in [4.78, 5) is 8.28. The number of hydrogen-bond acceptors (Lipinski definition) is 4. The monoisotopic (exact) mass is 321 g/mol. The van der Waals surface area contributed by atoms with Crippen LogP contribution < -0.4 is 4.72 Å². The molecular formula is C15H16FN3O2S. The van der Waals surface area contributed by atoms with Gasteiger partial charge in [-0.1, -0.05) is 12.1 Å². The second kappa shape index (κ2) is 6.10. The number of hydrogen-bond donors (Lipinski definition) is 1. The molecule has 0 saturated heterocycles. The molecule has 0 atom stereocenters. The molecule has 1 saturated carbocycles. The average molecular weight is 321 g/mol. The molecule has 2 aromatic rings. The van der Waals surface area contributed by atoms with Crippen LogP contribution >= 0.6 is 0 Å². The van der Waals surface area contributed by atoms with Crippen molar-refractivity contribution >= 4 is 10.0 Å². The molecule has 1 fully saturated rings. The second-order valence-electron chi connectivity index (χ2n) is 5.42. The van der Waals surface area contributed by atoms with E-state index in [-0.39, 0.29) is 18.1 Å². The van der Waals surface area contributed by atoms with Gasteiger partial charge in [0.05, 0.1) is 18.0 Å². The predicted molar refractivity (Wildman–Crippen MR) is 79.9 cm³/mol. The fourth-order valence-corrected chi connectivity index (χ4v) is 3.25. The van der Waals surface area contributed by atoms with Crippen LogP contribution in [-0.4, -0.2) is 18.4 Å². The third-order valence-corrected chi connectivity index (χ3v) is 4.78. The molecule has 116 valence electrons. The predicted octanol–water partition coefficient (Wildman–Crippen LogP) is 2.11. The Morgan fingerprint density at radius 1 is 1.18 bits per heavy atom. The number of benzene rings is 1. The summed E-state index contributed by atoms with van der Waals surface area (Å²) in [5.41, 5.74) is 2.16. The van der Waals surface area contributed by atoms with Crippen LogP contribution in [0.2, 0.25) is 0 Å². The minimum Gasteiger partial charge on any atom is -0.241 e. The third-order valence-electron chi connectivity index (χ3n) is 3.48. The summed E-state index contributed by atoms with van der Waals surface area (Å²) in [5.74, 6) is -0.0753. The number of nitrogens with zero attached hydrogens (tertiary/aromatic N) is 2. The van der Waals surface area contributed by atoms with E-state index in [1.54, 1.807) is 0 Å². The molecule has 0 spiro atoms. The maximum Gasteiger partial charge on any atom is 0.216 e. The Morgan fingerprint density at radius 3 is 2.59 bits per heavy atom. The molecule has 5 nitrogen and oxygen atoms in total. The number of rotatable bonds is 6. The van der Waals surface area contributed by atoms with Crippen molar-refractivity contribution in [3.63, 3.8) is 0 Å². The van der Waals surface area contributed by atoms with Crippen LogP contribution in [0.5, 0.6) is 0 Å². The van der Waals surface area contributed by atoms with Gasteiger partial charge in [0.25, 0.3) is 0 Å². The summed E-state index contributed by atoms with van der Waals surface area (Å²) < 4.78 is 39.4. The van der Waals surface area contributed by atoms with Crippen LogP contribution in [0.15, 0.2) is 36.7 Å². The Balaban J connectivity index is 1.62. The number of sulfonamides is 1. The van der Waals surface area contributed by atoms with E-state index in [4.69, 9.17) is 0 Å². The van der Waals surface area contributed by atoms with Gasteiger partial charge in [0.2, 0.25) is 10.0 Å². The van der Waals surface area contributed by atoms with Crippen LogP contribution in [-0.2, 0) is 22.3 Å². The molecule has 1 heterocycles. The number of halogens is 1. The minimum atomic E-state index is -3.50. The molecule has 0 amide bonds. The molecule has 3 rings (SSSR count). The smallest absolute Gasteiger partial charge is 0.216 e. The van der Waals surface area contributed by atoms with Crippen LogP contribution in [0.1, 0.15) is 35.7 Å². The van der Waals surface area contributed by atoms with Crippen molar-refractivity contribution in [2.45, 2.75) is 31.1 Å². The van der Waals surface area contributed by atoms with Crippen molar-refractivity contribution in [3.05, 3.63) is 59.4 Å². The molecule has 7 heteroatoms. The standard InChI is InChI=1S/C15H16FN3O2S/c16-13-5-1-11(2-6-13)9-22(20,21)19-8-14-7-15(12-3-4-12)18-10-17-14/h1-2,5-7,10,12,19H,3-4,8-9H2. The highest BCUT2D eigenvalue weighted by molar-refractivity contribution is 7.88. The highest BCUT2D eigenvalue weighted by Gasteiger charge is 2.25. The Hall–Kier alpha value is -1.86. The van der Waals surface area contributed by atoms with Gasteiger partial charge >= 0.3 is 0 Å². The van der Waals surface area contributed by atoms with Gasteiger partial charge in [-0.2, -0.15) is 0 Å². The minimum absolute atomic E-state index is 0.131. The quantitative estimate of drug-likeness (QED) is 0.884. The summed E-state index contributed by atoms with van der Waals surface area (Å²) in [7, 11) is -3.50. The number of aromatic nitrogens is 2. The first-order valence-corrected chi connectivity index (χ1v) is 8.70. The van der Waals surface area contributed by atoms with Gasteiger partial charge in [-0.05, 0) is 36.6 Å². The molecular weight excluding hydrogens is 305 g/mol. The van der Waals surface area contributed by atoms with E-state index in [0.717, 1.165) is 18.5 Å². The van der Waals surface area contributed by atoms with E-state index in [1.165, 1.54) is 30.6 Å². The zero-order chi connectivity index (χ0) is 15.6. The summed E-state index contributed by atoms with van der Waals surface area (Å²) >= 11 is 0. The normalized spacial score (nSPS) is 15.0. The van der Waals surface area contributed by atoms with Crippen molar-refractivity contribution in [2.24, 2.45) is 0 Å². The first-order valence-electron chi connectivity index (χ1n) is 7.04. The van der Waals surface area contributed by atoms with Gasteiger partial charge in [0, 0.05) is 11.6 Å². The Bertz CT molecular complexity index is 759. The molecule has 0 aliphatic heterocycles. The fourth-order valence-electron chi connectivity index (χ4n) is 2.15. The molecule has 22 heavy (non-hydrogen) atoms. The Labute approximate surface area is 128 Å². The van der Waals surface area contributed by atoms with E-state index >= 15 is 0 Å². The lowest BCUT2D eigenvalue weighted by atomic mass is 10.2. The van der Waals surface area contributed by atoms with Crippen molar-refractivity contribution in [1.29, 1.82) is 0 Å². The Kier molecular flexibility index (Phi) is 4.17. The van der Waals surface area contributed by atoms with Gasteiger partial charge in [-0.25, -0.2) is 27.5 Å². The van der Waals surface area contributed by atoms with Crippen LogP contribution in [0, 0.1) is 5.82 Å². The van der Waals surface area contributed by atoms with Gasteiger partial charge in [0.1, 0.15) is 12.1 Å². The van der Waals surface area contributed by atoms with Gasteiger partial charge in [-0.3, -0.25) is 0 Å². The van der Waals surface area contributed by atoms with Crippen LogP contribution in [0.4, 0.5) is 4.39 Å². The SMILES string of the molecule is O=S(=O)(Cc1ccc(F)cc1)NCc1cc(C2CC2)ncn1. The second-order valence-corrected chi connectivity index (χ2v) is 7.22. The van der Waals surface area contributed by atoms with E-state index in [2.05, 4.69) is 14.7 Å². The number of nitrogens with one attached hydrogen (secondary N) is 1. The van der Waals surface area contributed by atoms with Crippen molar-refractivity contribution < 1.29 is 12.8 Å². The molecule has 1 aliphatic carbocycles. The summed E-state index contributed by atoms with van der Waals surface area (Å²) in [5, 5.41) is 0. The molecule has 0 bridgehead atoms. The molecule has 1 aromatic carbocycles. The summed E-state index contributed by atoms with van der Waals surface area (Å²) in [6.07, 6.45) is 3.73. The molecule has 1 aliphatic rings. The zero-order valence-corrected chi connectivity index (χ0v) is 12.7. The van der Waals surface area contributed by atoms with Crippen LogP contribution in [0.25, 0.3) is 0 Å². The Morgan fingerprint density at radius 2 is 1.91 bits per heavy atom. The lowest BCUT2D eigenvalue weighted by Crippen LogP contribution is -2.25. The highest BCUT2D eigenvalue weighted by atomic mass is 32.2. The van der Waals surface area contributed by atoms with Crippen molar-refractivity contribution in [1.82, 2.24) is 14.7 Å². The van der Waals surface area contributed by atoms with Gasteiger partial charge in [-0.15, -0.1) is 0 Å². The van der Waals surface area contributed by atoms with E-state index in [1.807, 2.05) is 6.07 Å². The average Bonchev–Trinajstić information content (AvgIpc) is 3.33. The maximum absolute atomic E-state index is 12.8. The molecule has 0 radical (unpaired) electrons. The first kappa shape index (κ1) is 15.1. The molecule has 1 aromatic heterocycles. The topological polar surface area (TPSA) is 72.0 Å². The van der Waals surface area contributed by atoms with Gasteiger partial charge < -0.3 is 0 Å². The van der Waals surface area contributed by atoms with Crippen molar-refractivity contribution in [3.8, 4) is 0 Å². The summed E-state index contributed by atoms with van der Waals surface area (Å²) in [6, 6.07) is 7.27. The summed E-state index contributed by atoms with van der Waals surface area (Å²) in [6.45, 7) is 0.131. The molecule has 0 unspecified atom stereocenters. The van der Waals surface area contributed by atoms with E-state index in [0.29, 0.717) is 17.2 Å². The fraction of sp³-hybridized carbons (Fsp3) is 0.333. The van der Waals surface area contributed by atoms with Crippen LogP contribution in [0.3, 0.4) is 0 Å². The molecule has 1 N–H and O–H groups in total. The highest BCUT2D eigenvalue weighted by Crippen LogP contribution is 2.38. The largest absolute Gasteiger partial charge is 0.241 e. The first-order chi connectivity index (χ1) is 10.5. The van der Waals surface area contributed by atoms with E-state index in [9.17, 15) is 12.8 Å². The lowest BCUT2D eigenvalue weighted by molar-refractivity contribution is 0.579. The van der Waals surface area contributed by atoms with E-state index < -0.39 is 10.0 Å². The van der Waals surface area contributed by atoms with Gasteiger partial charge in [0.15, 0.2) is 0 Å². The zero-order valence-electron chi connectivity index (χ0n) is 11.9. The van der Waals surface area contributed by atoms with Crippen molar-refractivity contribution in [2.75, 3.05) is 0 Å². The maximum atomic E-state index is 12.8. The third kappa shape index (κ3) is 4.08.